The summed E-state index contributed by atoms with van der Waals surface area (Å²) in [7, 11) is 5.04. The number of hydrogen-bond acceptors (Lipinski definition) is 10. The van der Waals surface area contributed by atoms with Crippen molar-refractivity contribution < 1.29 is 28.8 Å². The second-order valence-corrected chi connectivity index (χ2v) is 14.1. The zero-order chi connectivity index (χ0) is 35.5. The number of methoxy groups -OCH3 is 2. The maximum Gasteiger partial charge on any atom is 0.434 e. The third-order valence-electron chi connectivity index (χ3n) is 8.37. The summed E-state index contributed by atoms with van der Waals surface area (Å²) in [5.41, 5.74) is -0.620. The number of carbonyl (C=O) groups is 1. The minimum atomic E-state index is -1.23. The molecule has 0 spiro atoms. The quantitative estimate of drug-likeness (QED) is 0.109. The van der Waals surface area contributed by atoms with Crippen LogP contribution in [0.1, 0.15) is 86.6 Å². The first-order valence-electron chi connectivity index (χ1n) is 16.5. The van der Waals surface area contributed by atoms with Gasteiger partial charge < -0.3 is 34.3 Å². The summed E-state index contributed by atoms with van der Waals surface area (Å²) >= 11 is 0. The van der Waals surface area contributed by atoms with Crippen LogP contribution in [0.3, 0.4) is 0 Å². The number of nitrogens with zero attached hydrogens (tertiary/aromatic N) is 2. The number of ether oxygens (including phenoxy) is 4. The summed E-state index contributed by atoms with van der Waals surface area (Å²) in [6, 6.07) is 5.80. The molecule has 47 heavy (non-hydrogen) atoms. The predicted molar refractivity (Wildman–Crippen MR) is 189 cm³/mol. The number of rotatable bonds is 19. The van der Waals surface area contributed by atoms with Crippen molar-refractivity contribution in [1.29, 1.82) is 0 Å². The lowest BCUT2D eigenvalue weighted by Crippen LogP contribution is -2.50. The lowest BCUT2D eigenvalue weighted by molar-refractivity contribution is 0.0600. The van der Waals surface area contributed by atoms with Crippen LogP contribution in [0.5, 0.6) is 11.5 Å². The van der Waals surface area contributed by atoms with Gasteiger partial charge in [-0.2, -0.15) is 4.99 Å². The van der Waals surface area contributed by atoms with E-state index < -0.39 is 28.7 Å². The molecule has 264 valence electrons. The van der Waals surface area contributed by atoms with Gasteiger partial charge in [0.2, 0.25) is 0 Å². The highest BCUT2D eigenvalue weighted by Crippen LogP contribution is 2.32. The summed E-state index contributed by atoms with van der Waals surface area (Å²) in [6.07, 6.45) is 1.34. The number of hydrogen-bond donors (Lipinski definition) is 2. The van der Waals surface area contributed by atoms with Crippen molar-refractivity contribution >= 4 is 23.2 Å². The molecule has 2 rings (SSSR count). The molecule has 0 bridgehead atoms. The fourth-order valence-corrected chi connectivity index (χ4v) is 5.38. The summed E-state index contributed by atoms with van der Waals surface area (Å²) in [5, 5.41) is 14.4. The van der Waals surface area contributed by atoms with Gasteiger partial charge in [0, 0.05) is 39.3 Å². The highest BCUT2D eigenvalue weighted by molar-refractivity contribution is 5.97. The summed E-state index contributed by atoms with van der Waals surface area (Å²) in [6.45, 7) is 16.4. The average Bonchev–Trinajstić information content (AvgIpc) is 2.98. The largest absolute Gasteiger partial charge is 0.493 e. The van der Waals surface area contributed by atoms with Gasteiger partial charge in [0.1, 0.15) is 23.1 Å². The normalized spacial score (nSPS) is 13.9. The Bertz CT molecular complexity index is 1400. The number of aliphatic hydroxyl groups is 1. The van der Waals surface area contributed by atoms with Crippen molar-refractivity contribution in [3.8, 4) is 11.5 Å². The second kappa shape index (κ2) is 17.6. The highest BCUT2D eigenvalue weighted by Gasteiger charge is 2.33. The van der Waals surface area contributed by atoms with Gasteiger partial charge in [0.15, 0.2) is 11.5 Å². The average molecular weight is 660 g/mol. The lowest BCUT2D eigenvalue weighted by atomic mass is 9.84. The summed E-state index contributed by atoms with van der Waals surface area (Å²) in [5.74, 6) is 1.39. The number of aliphatic imine (C=N–C) groups is 1. The fourth-order valence-electron chi connectivity index (χ4n) is 5.38. The van der Waals surface area contributed by atoms with Crippen molar-refractivity contribution in [2.45, 2.75) is 105 Å². The number of aliphatic hydroxyl groups excluding tert-OH is 1. The molecule has 0 aromatic heterocycles. The zero-order valence-corrected chi connectivity index (χ0v) is 30.3. The van der Waals surface area contributed by atoms with E-state index in [0.29, 0.717) is 36.8 Å². The monoisotopic (exact) mass is 659 g/mol. The molecule has 2 aromatic carbocycles. The van der Waals surface area contributed by atoms with Gasteiger partial charge in [-0.3, -0.25) is 9.59 Å². The molecule has 0 aliphatic rings. The zero-order valence-electron chi connectivity index (χ0n) is 30.3. The van der Waals surface area contributed by atoms with Crippen LogP contribution < -0.4 is 30.5 Å². The Hall–Kier alpha value is -3.44. The molecule has 2 aromatic rings. The van der Waals surface area contributed by atoms with Crippen LogP contribution in [0.25, 0.3) is 0 Å². The smallest absolute Gasteiger partial charge is 0.434 e. The van der Waals surface area contributed by atoms with Crippen LogP contribution in [0.2, 0.25) is 0 Å². The van der Waals surface area contributed by atoms with Crippen molar-refractivity contribution in [1.82, 2.24) is 0 Å². The Balaban J connectivity index is 2.35. The molecular weight excluding hydrogens is 602 g/mol. The van der Waals surface area contributed by atoms with E-state index in [0.717, 1.165) is 24.8 Å². The van der Waals surface area contributed by atoms with Gasteiger partial charge in [0.05, 0.1) is 19.4 Å². The van der Waals surface area contributed by atoms with Crippen LogP contribution in [-0.4, -0.2) is 75.2 Å². The third-order valence-corrected chi connectivity index (χ3v) is 8.37. The Morgan fingerprint density at radius 2 is 1.72 bits per heavy atom. The SMILES string of the molecule is CCCC(C)(C)N(C)c1c(NCC(O)/C(C[C@H](Cc2ccc(OC)c(OCCCOC)c2)C(C)C)=N\C(=O)OC(C)(C)C)c(=O)c1=O. The maximum atomic E-state index is 12.9. The lowest BCUT2D eigenvalue weighted by Gasteiger charge is -2.38. The molecule has 1 amide bonds. The van der Waals surface area contributed by atoms with E-state index >= 15 is 0 Å². The van der Waals surface area contributed by atoms with Gasteiger partial charge in [-0.15, -0.1) is 0 Å². The van der Waals surface area contributed by atoms with E-state index in [2.05, 4.69) is 31.1 Å². The maximum absolute atomic E-state index is 12.9. The van der Waals surface area contributed by atoms with E-state index in [-0.39, 0.29) is 41.7 Å². The van der Waals surface area contributed by atoms with Gasteiger partial charge in [-0.25, -0.2) is 4.79 Å². The molecular formula is C36H57N3O8. The Morgan fingerprint density at radius 3 is 2.30 bits per heavy atom. The molecule has 0 fully saturated rings. The molecule has 2 N–H and O–H groups in total. The molecule has 0 saturated carbocycles. The topological polar surface area (TPSA) is 136 Å². The minimum absolute atomic E-state index is 0.0248. The van der Waals surface area contributed by atoms with E-state index in [1.165, 1.54) is 0 Å². The second-order valence-electron chi connectivity index (χ2n) is 14.1. The first-order valence-corrected chi connectivity index (χ1v) is 16.5. The van der Waals surface area contributed by atoms with Crippen LogP contribution in [0, 0.1) is 11.8 Å². The molecule has 1 unspecified atom stereocenters. The van der Waals surface area contributed by atoms with Gasteiger partial charge in [-0.05, 0) is 83.4 Å². The van der Waals surface area contributed by atoms with Gasteiger partial charge >= 0.3 is 6.09 Å². The predicted octanol–water partition coefficient (Wildman–Crippen LogP) is 5.78. The molecule has 0 aliphatic carbocycles. The van der Waals surface area contributed by atoms with E-state index in [9.17, 15) is 19.5 Å². The number of carbonyl (C=O) groups excluding carboxylic acids is 1. The summed E-state index contributed by atoms with van der Waals surface area (Å²) in [4.78, 5) is 44.1. The van der Waals surface area contributed by atoms with Crippen molar-refractivity contribution in [3.05, 3.63) is 44.2 Å². The number of benzene rings is 1. The Morgan fingerprint density at radius 1 is 1.04 bits per heavy atom. The van der Waals surface area contributed by atoms with Crippen LogP contribution in [0.4, 0.5) is 16.2 Å². The van der Waals surface area contributed by atoms with Gasteiger partial charge in [-0.1, -0.05) is 33.3 Å². The molecule has 2 atom stereocenters. The number of nitrogens with one attached hydrogen (secondary N) is 1. The molecule has 0 saturated heterocycles. The molecule has 0 aliphatic heterocycles. The Labute approximate surface area is 280 Å². The van der Waals surface area contributed by atoms with E-state index in [1.54, 1.807) is 42.0 Å². The first-order chi connectivity index (χ1) is 21.9. The molecule has 11 nitrogen and oxygen atoms in total. The number of amides is 1. The highest BCUT2D eigenvalue weighted by atomic mass is 16.6. The van der Waals surface area contributed by atoms with Gasteiger partial charge in [0.25, 0.3) is 10.9 Å². The Kier molecular flexibility index (Phi) is 14.9. The van der Waals surface area contributed by atoms with E-state index in [1.807, 2.05) is 36.9 Å². The summed E-state index contributed by atoms with van der Waals surface area (Å²) < 4.78 is 22.1. The van der Waals surface area contributed by atoms with Crippen LogP contribution >= 0.6 is 0 Å². The van der Waals surface area contributed by atoms with Crippen LogP contribution in [0.15, 0.2) is 32.8 Å². The van der Waals surface area contributed by atoms with Crippen molar-refractivity contribution in [2.24, 2.45) is 16.8 Å². The fraction of sp³-hybridized carbons (Fsp3) is 0.667. The molecule has 11 heteroatoms. The standard InChI is InChI=1S/C36H57N3O8/c1-12-16-36(7,8)39(9)31-30(32(41)33(31)42)37-22-27(40)26(38-34(43)47-35(4,5)6)21-25(23(2)3)19-24-14-15-28(45-11)29(20-24)46-18-13-17-44-10/h14-15,20,23,25,27,37,40H,12-13,16-19,21-22H2,1-11H3/b38-26-/t25-,27?/m0/s1. The van der Waals surface area contributed by atoms with Crippen molar-refractivity contribution in [2.75, 3.05) is 51.2 Å². The van der Waals surface area contributed by atoms with E-state index in [4.69, 9.17) is 18.9 Å². The van der Waals surface area contributed by atoms with Crippen LogP contribution in [-0.2, 0) is 15.9 Å². The minimum Gasteiger partial charge on any atom is -0.493 e. The third kappa shape index (κ3) is 11.6. The molecule has 0 radical (unpaired) electrons. The van der Waals surface area contributed by atoms with Crippen molar-refractivity contribution in [3.63, 3.8) is 0 Å². The first kappa shape index (κ1) is 39.7. The number of anilines is 2. The molecule has 0 heterocycles.